The number of hydrogen-bond acceptors (Lipinski definition) is 2. The Morgan fingerprint density at radius 2 is 0.420 bits per heavy atom. The SMILES string of the molecule is CC(C)(C)c1cc2c3c(c1)N(c1cc(-c4c(C(C)(C)C)cc(C(C)(C)C)cc4C(C)(C)C)ccc1-c1c(C(C)(C)C)cc(C(C)(C)C)cc1C(C)(C)C)c1cc(-n4c5ccccc5c5cc(C(C)(C)C)ccc54)ccc1B3c1ccc(-n3c4ccccc4c4cc(C(C)(C)C)ccc43)cc1N2c1cc(-c2c(C(C)(C)C)cc(C(C)(C)C)cc2C(C)(C)C)ccc1-c1c(C(C)(C)C)cc(C(C)(C)C)cc1C(C)(C)C. The zero-order chi connectivity index (χ0) is 105. The van der Waals surface area contributed by atoms with E-state index in [-0.39, 0.29) is 82.5 Å². The van der Waals surface area contributed by atoms with Crippen molar-refractivity contribution in [3.05, 3.63) is 302 Å². The first-order chi connectivity index (χ1) is 65.4. The molecule has 0 aliphatic carbocycles. The number of rotatable bonds is 8. The molecule has 0 N–H and O–H groups in total. The summed E-state index contributed by atoms with van der Waals surface area (Å²) in [5.41, 5.74) is 44.2. The molecule has 5 heteroatoms. The minimum absolute atomic E-state index is 0.0835. The molecular formula is C138H171BN4. The normalized spacial score (nSPS) is 14.3. The van der Waals surface area contributed by atoms with Gasteiger partial charge >= 0.3 is 0 Å². The molecule has 0 radical (unpaired) electrons. The molecule has 746 valence electrons. The van der Waals surface area contributed by atoms with Crippen LogP contribution in [0.25, 0.3) is 99.5 Å². The van der Waals surface area contributed by atoms with Crippen LogP contribution in [0.5, 0.6) is 0 Å². The van der Waals surface area contributed by atoms with Crippen LogP contribution in [0, 0.1) is 0 Å². The Morgan fingerprint density at radius 1 is 0.175 bits per heavy atom. The van der Waals surface area contributed by atoms with E-state index in [1.165, 1.54) is 199 Å². The van der Waals surface area contributed by atoms with Gasteiger partial charge in [0.1, 0.15) is 0 Å². The third kappa shape index (κ3) is 18.6. The van der Waals surface area contributed by atoms with Crippen molar-refractivity contribution in [1.82, 2.24) is 9.13 Å². The Labute approximate surface area is 864 Å². The molecule has 4 nitrogen and oxygen atoms in total. The maximum Gasteiger partial charge on any atom is 0.252 e. The minimum atomic E-state index is -0.430. The molecule has 0 saturated heterocycles. The van der Waals surface area contributed by atoms with Crippen LogP contribution in [-0.4, -0.2) is 15.8 Å². The smallest absolute Gasteiger partial charge is 0.252 e. The lowest BCUT2D eigenvalue weighted by Crippen LogP contribution is -2.61. The maximum absolute atomic E-state index is 2.88. The highest BCUT2D eigenvalue weighted by Gasteiger charge is 2.49. The van der Waals surface area contributed by atoms with Gasteiger partial charge in [-0.1, -0.05) is 445 Å². The summed E-state index contributed by atoms with van der Waals surface area (Å²) in [5.74, 6) is 0. The Balaban J connectivity index is 1.15. The Hall–Kier alpha value is -10.9. The lowest BCUT2D eigenvalue weighted by atomic mass is 9.33. The molecule has 0 fully saturated rings. The third-order valence-electron chi connectivity index (χ3n) is 31.6. The van der Waals surface area contributed by atoms with E-state index < -0.39 is 5.41 Å². The highest BCUT2D eigenvalue weighted by atomic mass is 15.2. The average Bonchev–Trinajstić information content (AvgIpc) is 1.57. The fourth-order valence-corrected chi connectivity index (χ4v) is 23.0. The van der Waals surface area contributed by atoms with Crippen molar-refractivity contribution in [2.75, 3.05) is 9.80 Å². The molecule has 2 aromatic heterocycles. The van der Waals surface area contributed by atoms with Crippen LogP contribution >= 0.6 is 0 Å². The van der Waals surface area contributed by atoms with E-state index in [9.17, 15) is 0 Å². The molecule has 143 heavy (non-hydrogen) atoms. The van der Waals surface area contributed by atoms with Gasteiger partial charge in [-0.3, -0.25) is 0 Å². The van der Waals surface area contributed by atoms with Crippen LogP contribution in [0.3, 0.4) is 0 Å². The van der Waals surface area contributed by atoms with Crippen LogP contribution in [0.15, 0.2) is 218 Å². The molecule has 0 unspecified atom stereocenters. The van der Waals surface area contributed by atoms with Gasteiger partial charge in [-0.05, 0) is 299 Å². The van der Waals surface area contributed by atoms with E-state index in [0.29, 0.717) is 0 Å². The summed E-state index contributed by atoms with van der Waals surface area (Å²) in [4.78, 5) is 5.76. The minimum Gasteiger partial charge on any atom is -0.311 e. The molecule has 17 rings (SSSR count). The fraction of sp³-hybridized carbons (Fsp3) is 0.435. The number of para-hydroxylation sites is 2. The van der Waals surface area contributed by atoms with E-state index in [1.807, 2.05) is 0 Å². The summed E-state index contributed by atoms with van der Waals surface area (Å²) in [6.07, 6.45) is 0. The van der Waals surface area contributed by atoms with E-state index in [0.717, 1.165) is 34.1 Å². The molecule has 4 heterocycles. The van der Waals surface area contributed by atoms with Crippen molar-refractivity contribution in [3.63, 3.8) is 0 Å². The molecule has 0 atom stereocenters. The van der Waals surface area contributed by atoms with E-state index in [1.54, 1.807) is 0 Å². The van der Waals surface area contributed by atoms with Gasteiger partial charge in [-0.15, -0.1) is 0 Å². The molecule has 13 aromatic carbocycles. The quantitative estimate of drug-likeness (QED) is 0.141. The topological polar surface area (TPSA) is 16.3 Å². The summed E-state index contributed by atoms with van der Waals surface area (Å²) in [5, 5.41) is 5.00. The highest BCUT2D eigenvalue weighted by molar-refractivity contribution is 7.00. The summed E-state index contributed by atoms with van der Waals surface area (Å²) < 4.78 is 5.21. The van der Waals surface area contributed by atoms with Gasteiger partial charge in [0.2, 0.25) is 0 Å². The Bertz CT molecular complexity index is 7060. The first-order valence-electron chi connectivity index (χ1n) is 53.7. The van der Waals surface area contributed by atoms with Crippen molar-refractivity contribution >= 4 is 101 Å². The predicted octanol–water partition coefficient (Wildman–Crippen LogP) is 38.1. The van der Waals surface area contributed by atoms with Gasteiger partial charge in [0.05, 0.1) is 33.4 Å². The van der Waals surface area contributed by atoms with Gasteiger partial charge in [0, 0.05) is 66.8 Å². The summed E-state index contributed by atoms with van der Waals surface area (Å²) >= 11 is 0. The predicted molar refractivity (Wildman–Crippen MR) is 631 cm³/mol. The standard InChI is InChI=1S/C138H171BN4/c1-124(2,3)84-56-64-111-97(68-84)93-50-46-48-52-109(93)140(111)91-58-62-107-115(80-91)142(113-66-82(119-99(131(22,23)24)70-86(126(7,8)9)71-100(119)132(25,26)27)54-60-95(113)121-103(135(34,35)36)74-88(128(13,14)15)75-104(121)136(37,38)39)117-78-90(130(19,20)21)79-118-123(117)139(107)108-63-59-92(141-110-53-49-47-51-94(110)98-69-85(125(4,5)6)57-65-112(98)141)81-116(108)143(118)114-67-83(120-101(133(28,29)30)72-87(127(10,11)12)73-102(120)134(31,32)33)55-61-96(114)122-105(137(40,41)42)76-89(129(16,17)18)77-106(122)138(43,44)45/h46-81H,1-45H3. The number of aromatic nitrogens is 2. The van der Waals surface area contributed by atoms with E-state index in [4.69, 9.17) is 0 Å². The number of nitrogens with zero attached hydrogens (tertiary/aromatic N) is 4. The molecular weight excluding hydrogens is 1720 g/mol. The summed E-state index contributed by atoms with van der Waals surface area (Å²) in [7, 11) is 0. The molecule has 0 bridgehead atoms. The molecule has 2 aliphatic rings. The van der Waals surface area contributed by atoms with Gasteiger partial charge in [-0.2, -0.15) is 0 Å². The first kappa shape index (κ1) is 104. The zero-order valence-electron chi connectivity index (χ0n) is 96.7. The maximum atomic E-state index is 2.88. The van der Waals surface area contributed by atoms with Gasteiger partial charge in [0.15, 0.2) is 0 Å². The van der Waals surface area contributed by atoms with Crippen LogP contribution in [0.2, 0.25) is 0 Å². The Kier molecular flexibility index (Phi) is 24.5. The molecule has 0 saturated carbocycles. The Morgan fingerprint density at radius 3 is 0.678 bits per heavy atom. The molecule has 2 aliphatic heterocycles. The van der Waals surface area contributed by atoms with Crippen LogP contribution in [0.1, 0.15) is 395 Å². The number of benzene rings is 13. The lowest BCUT2D eigenvalue weighted by Gasteiger charge is -2.46. The van der Waals surface area contributed by atoms with Crippen LogP contribution in [0.4, 0.5) is 34.1 Å². The van der Waals surface area contributed by atoms with Crippen LogP contribution < -0.4 is 26.2 Å². The summed E-state index contributed by atoms with van der Waals surface area (Å²) in [6.45, 7) is 109. The molecule has 15 aromatic rings. The largest absolute Gasteiger partial charge is 0.311 e. The van der Waals surface area contributed by atoms with E-state index >= 15 is 0 Å². The van der Waals surface area contributed by atoms with Crippen molar-refractivity contribution in [2.24, 2.45) is 0 Å². The van der Waals surface area contributed by atoms with Crippen molar-refractivity contribution < 1.29 is 0 Å². The third-order valence-corrected chi connectivity index (χ3v) is 31.6. The second-order valence-corrected chi connectivity index (χ2v) is 58.7. The highest BCUT2D eigenvalue weighted by Crippen LogP contribution is 2.59. The van der Waals surface area contributed by atoms with Gasteiger partial charge in [0.25, 0.3) is 6.71 Å². The summed E-state index contributed by atoms with van der Waals surface area (Å²) in [6, 6.07) is 90.6. The molecule has 0 amide bonds. The van der Waals surface area contributed by atoms with Crippen molar-refractivity contribution in [2.45, 2.75) is 393 Å². The van der Waals surface area contributed by atoms with E-state index in [2.05, 4.69) is 549 Å². The van der Waals surface area contributed by atoms with Crippen molar-refractivity contribution in [3.8, 4) is 55.9 Å². The second-order valence-electron chi connectivity index (χ2n) is 58.7. The monoisotopic (exact) mass is 1900 g/mol. The van der Waals surface area contributed by atoms with Gasteiger partial charge < -0.3 is 18.9 Å². The fourth-order valence-electron chi connectivity index (χ4n) is 23.0. The lowest BCUT2D eigenvalue weighted by molar-refractivity contribution is 0.549. The van der Waals surface area contributed by atoms with Crippen molar-refractivity contribution in [1.29, 1.82) is 0 Å². The number of fused-ring (bicyclic) bond motifs is 10. The van der Waals surface area contributed by atoms with Gasteiger partial charge in [-0.25, -0.2) is 0 Å². The number of hydrogen-bond donors (Lipinski definition) is 0. The first-order valence-corrected chi connectivity index (χ1v) is 53.7. The second kappa shape index (κ2) is 33.8. The molecule has 0 spiro atoms. The van der Waals surface area contributed by atoms with Crippen LogP contribution in [-0.2, 0) is 81.2 Å². The number of anilines is 6. The average molecular weight is 1900 g/mol. The zero-order valence-corrected chi connectivity index (χ0v) is 96.7.